The van der Waals surface area contributed by atoms with Crippen molar-refractivity contribution < 1.29 is 14.7 Å². The van der Waals surface area contributed by atoms with Gasteiger partial charge in [0.25, 0.3) is 0 Å². The van der Waals surface area contributed by atoms with E-state index in [9.17, 15) is 9.59 Å². The Balaban J connectivity index is 2.28. The minimum absolute atomic E-state index is 0.0690. The number of carbonyl (C=O) groups is 2. The van der Waals surface area contributed by atoms with Crippen molar-refractivity contribution in [2.24, 2.45) is 0 Å². The Morgan fingerprint density at radius 1 is 1.47 bits per heavy atom. The molecule has 1 amide bonds. The lowest BCUT2D eigenvalue weighted by Crippen LogP contribution is -2.15. The number of hydrogen-bond donors (Lipinski definition) is 2. The molecule has 0 saturated carbocycles. The molecule has 0 aromatic carbocycles. The molecule has 1 aromatic rings. The number of pyridine rings is 1. The zero-order chi connectivity index (χ0) is 11.1. The van der Waals surface area contributed by atoms with Gasteiger partial charge in [-0.3, -0.25) is 14.6 Å². The highest BCUT2D eigenvalue weighted by Gasteiger charge is 2.04. The van der Waals surface area contributed by atoms with Crippen molar-refractivity contribution in [2.75, 3.05) is 16.8 Å². The average molecular weight is 226 g/mol. The third kappa shape index (κ3) is 5.02. The van der Waals surface area contributed by atoms with Gasteiger partial charge in [-0.1, -0.05) is 0 Å². The minimum Gasteiger partial charge on any atom is -0.481 e. The highest BCUT2D eigenvalue weighted by molar-refractivity contribution is 8.00. The number of carboxylic acid groups (broad SMARTS) is 1. The first kappa shape index (κ1) is 11.5. The standard InChI is InChI=1S/C9H10N2O3S/c12-8(5-15-6-9(13)14)11-7-2-1-3-10-4-7/h1-4H,5-6H2,(H,11,12)(H,13,14). The molecule has 0 saturated heterocycles. The maximum atomic E-state index is 11.2. The Morgan fingerprint density at radius 3 is 2.87 bits per heavy atom. The van der Waals surface area contributed by atoms with Crippen LogP contribution in [0.4, 0.5) is 5.69 Å². The molecule has 2 N–H and O–H groups in total. The Hall–Kier alpha value is -1.56. The number of thioether (sulfide) groups is 1. The molecule has 0 bridgehead atoms. The van der Waals surface area contributed by atoms with Crippen LogP contribution in [0.3, 0.4) is 0 Å². The fourth-order valence-electron chi connectivity index (χ4n) is 0.865. The number of aromatic nitrogens is 1. The van der Waals surface area contributed by atoms with E-state index in [0.29, 0.717) is 5.69 Å². The van der Waals surface area contributed by atoms with Crippen LogP contribution in [0.15, 0.2) is 24.5 Å². The van der Waals surface area contributed by atoms with Gasteiger partial charge in [0.05, 0.1) is 23.4 Å². The summed E-state index contributed by atoms with van der Waals surface area (Å²) in [5, 5.41) is 11.0. The van der Waals surface area contributed by atoms with Crippen LogP contribution in [0.1, 0.15) is 0 Å². The van der Waals surface area contributed by atoms with Crippen LogP contribution in [0, 0.1) is 0 Å². The summed E-state index contributed by atoms with van der Waals surface area (Å²) in [7, 11) is 0. The van der Waals surface area contributed by atoms with Gasteiger partial charge in [0.1, 0.15) is 0 Å². The van der Waals surface area contributed by atoms with Crippen LogP contribution in [0.2, 0.25) is 0 Å². The van der Waals surface area contributed by atoms with Gasteiger partial charge in [0, 0.05) is 6.20 Å². The summed E-state index contributed by atoms with van der Waals surface area (Å²) in [6, 6.07) is 3.42. The molecular formula is C9H10N2O3S. The number of nitrogens with zero attached hydrogens (tertiary/aromatic N) is 1. The second kappa shape index (κ2) is 6.02. The fourth-order valence-corrected chi connectivity index (χ4v) is 1.40. The van der Waals surface area contributed by atoms with E-state index >= 15 is 0 Å². The summed E-state index contributed by atoms with van der Waals surface area (Å²) in [5.74, 6) is -1.09. The Bertz CT molecular complexity index is 342. The Labute approximate surface area is 90.9 Å². The molecule has 0 aliphatic carbocycles. The van der Waals surface area contributed by atoms with Crippen LogP contribution in [0.25, 0.3) is 0 Å². The third-order valence-electron chi connectivity index (χ3n) is 1.40. The lowest BCUT2D eigenvalue weighted by molar-refractivity contribution is -0.133. The largest absolute Gasteiger partial charge is 0.481 e. The number of anilines is 1. The lowest BCUT2D eigenvalue weighted by atomic mass is 10.4. The molecule has 0 spiro atoms. The second-order valence-electron chi connectivity index (χ2n) is 2.68. The predicted octanol–water partition coefficient (Wildman–Crippen LogP) is 0.838. The molecule has 6 heteroatoms. The smallest absolute Gasteiger partial charge is 0.313 e. The highest BCUT2D eigenvalue weighted by Crippen LogP contribution is 2.05. The van der Waals surface area contributed by atoms with E-state index in [0.717, 1.165) is 11.8 Å². The summed E-state index contributed by atoms with van der Waals surface area (Å²) in [6.07, 6.45) is 3.13. The Morgan fingerprint density at radius 2 is 2.27 bits per heavy atom. The van der Waals surface area contributed by atoms with Crippen LogP contribution >= 0.6 is 11.8 Å². The average Bonchev–Trinajstić information content (AvgIpc) is 2.18. The quantitative estimate of drug-likeness (QED) is 0.777. The molecule has 0 atom stereocenters. The number of carboxylic acids is 1. The van der Waals surface area contributed by atoms with E-state index < -0.39 is 5.97 Å². The SMILES string of the molecule is O=C(O)CSCC(=O)Nc1cccnc1. The molecule has 0 unspecified atom stereocenters. The summed E-state index contributed by atoms with van der Waals surface area (Å²) < 4.78 is 0. The van der Waals surface area contributed by atoms with E-state index in [2.05, 4.69) is 10.3 Å². The molecular weight excluding hydrogens is 216 g/mol. The van der Waals surface area contributed by atoms with Crippen molar-refractivity contribution in [2.45, 2.75) is 0 Å². The molecule has 80 valence electrons. The number of amides is 1. The summed E-state index contributed by atoms with van der Waals surface area (Å²) >= 11 is 1.06. The van der Waals surface area contributed by atoms with Crippen molar-refractivity contribution in [1.29, 1.82) is 0 Å². The molecule has 1 aromatic heterocycles. The zero-order valence-electron chi connectivity index (χ0n) is 7.84. The first-order valence-electron chi connectivity index (χ1n) is 4.18. The first-order valence-corrected chi connectivity index (χ1v) is 5.33. The van der Waals surface area contributed by atoms with Crippen molar-refractivity contribution in [3.8, 4) is 0 Å². The van der Waals surface area contributed by atoms with E-state index in [1.54, 1.807) is 18.3 Å². The fraction of sp³-hybridized carbons (Fsp3) is 0.222. The van der Waals surface area contributed by atoms with E-state index in [4.69, 9.17) is 5.11 Å². The van der Waals surface area contributed by atoms with E-state index in [1.165, 1.54) is 6.20 Å². The van der Waals surface area contributed by atoms with E-state index in [-0.39, 0.29) is 17.4 Å². The maximum Gasteiger partial charge on any atom is 0.313 e. The first-order chi connectivity index (χ1) is 7.18. The molecule has 0 aliphatic rings. The van der Waals surface area contributed by atoms with Crippen LogP contribution in [0.5, 0.6) is 0 Å². The summed E-state index contributed by atoms with van der Waals surface area (Å²) in [6.45, 7) is 0. The summed E-state index contributed by atoms with van der Waals surface area (Å²) in [4.78, 5) is 25.2. The highest BCUT2D eigenvalue weighted by atomic mass is 32.2. The Kier molecular flexibility index (Phi) is 4.62. The third-order valence-corrected chi connectivity index (χ3v) is 2.32. The van der Waals surface area contributed by atoms with Crippen molar-refractivity contribution in [1.82, 2.24) is 4.98 Å². The molecule has 0 aliphatic heterocycles. The minimum atomic E-state index is -0.922. The number of carbonyl (C=O) groups excluding carboxylic acids is 1. The van der Waals surface area contributed by atoms with Gasteiger partial charge in [-0.2, -0.15) is 0 Å². The molecule has 15 heavy (non-hydrogen) atoms. The van der Waals surface area contributed by atoms with Crippen LogP contribution in [-0.4, -0.2) is 33.5 Å². The lowest BCUT2D eigenvalue weighted by Gasteiger charge is -2.02. The molecule has 1 rings (SSSR count). The number of nitrogens with one attached hydrogen (secondary N) is 1. The summed E-state index contributed by atoms with van der Waals surface area (Å²) in [5.41, 5.74) is 0.610. The zero-order valence-corrected chi connectivity index (χ0v) is 8.66. The van der Waals surface area contributed by atoms with E-state index in [1.807, 2.05) is 0 Å². The van der Waals surface area contributed by atoms with Gasteiger partial charge < -0.3 is 10.4 Å². The van der Waals surface area contributed by atoms with Crippen molar-refractivity contribution in [3.05, 3.63) is 24.5 Å². The molecule has 0 radical (unpaired) electrons. The normalized spacial score (nSPS) is 9.60. The van der Waals surface area contributed by atoms with Gasteiger partial charge in [-0.15, -0.1) is 11.8 Å². The molecule has 0 fully saturated rings. The number of aliphatic carboxylic acids is 1. The van der Waals surface area contributed by atoms with Gasteiger partial charge >= 0.3 is 5.97 Å². The molecule has 5 nitrogen and oxygen atoms in total. The van der Waals surface area contributed by atoms with Gasteiger partial charge in [0.15, 0.2) is 0 Å². The van der Waals surface area contributed by atoms with Gasteiger partial charge in [-0.25, -0.2) is 0 Å². The monoisotopic (exact) mass is 226 g/mol. The maximum absolute atomic E-state index is 11.2. The van der Waals surface area contributed by atoms with Crippen molar-refractivity contribution in [3.63, 3.8) is 0 Å². The number of rotatable bonds is 5. The van der Waals surface area contributed by atoms with Crippen LogP contribution in [-0.2, 0) is 9.59 Å². The van der Waals surface area contributed by atoms with Gasteiger partial charge in [0.2, 0.25) is 5.91 Å². The second-order valence-corrected chi connectivity index (χ2v) is 3.66. The molecule has 1 heterocycles. The van der Waals surface area contributed by atoms with Gasteiger partial charge in [-0.05, 0) is 12.1 Å². The topological polar surface area (TPSA) is 79.3 Å². The van der Waals surface area contributed by atoms with Crippen molar-refractivity contribution >= 4 is 29.3 Å². The van der Waals surface area contributed by atoms with Crippen LogP contribution < -0.4 is 5.32 Å². The predicted molar refractivity (Wildman–Crippen MR) is 57.8 cm³/mol. The number of hydrogen-bond acceptors (Lipinski definition) is 4.